The van der Waals surface area contributed by atoms with Gasteiger partial charge in [-0.15, -0.1) is 0 Å². The molecule has 2 nitrogen and oxygen atoms in total. The zero-order valence-corrected chi connectivity index (χ0v) is 8.23. The van der Waals surface area contributed by atoms with Crippen molar-refractivity contribution in [2.45, 2.75) is 6.42 Å². The molecule has 0 aromatic heterocycles. The van der Waals surface area contributed by atoms with E-state index in [0.29, 0.717) is 23.3 Å². The lowest BCUT2D eigenvalue weighted by molar-refractivity contribution is 0.104. The smallest absolute Gasteiger partial charge is 0.194 e. The number of carbonyl (C=O) groups is 1. The highest BCUT2D eigenvalue weighted by atomic mass is 16.1. The van der Waals surface area contributed by atoms with Gasteiger partial charge in [-0.2, -0.15) is 0 Å². The lowest BCUT2D eigenvalue weighted by atomic mass is 9.95. The van der Waals surface area contributed by atoms with E-state index in [-0.39, 0.29) is 5.78 Å². The number of Topliss-reactive ketones (excluding diaryl/α,β-unsaturated/α-hetero) is 1. The van der Waals surface area contributed by atoms with Crippen LogP contribution in [0, 0.1) is 5.41 Å². The van der Waals surface area contributed by atoms with Crippen molar-refractivity contribution < 1.29 is 4.79 Å². The Morgan fingerprint density at radius 1 is 1.20 bits per heavy atom. The normalized spacial score (nSPS) is 14.9. The van der Waals surface area contributed by atoms with E-state index in [0.717, 1.165) is 0 Å². The molecule has 0 atom stereocenters. The Labute approximate surface area is 88.4 Å². The number of hydrogen-bond acceptors (Lipinski definition) is 2. The average molecular weight is 197 g/mol. The number of benzene rings is 1. The van der Waals surface area contributed by atoms with Crippen LogP contribution in [0.5, 0.6) is 0 Å². The third-order valence-corrected chi connectivity index (χ3v) is 2.33. The van der Waals surface area contributed by atoms with Crippen LogP contribution in [0.25, 0.3) is 0 Å². The van der Waals surface area contributed by atoms with E-state index in [1.165, 1.54) is 0 Å². The molecule has 1 aliphatic carbocycles. The van der Waals surface area contributed by atoms with Gasteiger partial charge in [0.1, 0.15) is 0 Å². The largest absolute Gasteiger partial charge is 0.304 e. The molecule has 0 aliphatic heterocycles. The Kier molecular flexibility index (Phi) is 2.59. The molecule has 0 radical (unpaired) electrons. The van der Waals surface area contributed by atoms with Gasteiger partial charge in [0.15, 0.2) is 5.78 Å². The van der Waals surface area contributed by atoms with Gasteiger partial charge in [-0.3, -0.25) is 4.79 Å². The van der Waals surface area contributed by atoms with Gasteiger partial charge in [0.25, 0.3) is 0 Å². The number of ketones is 1. The van der Waals surface area contributed by atoms with E-state index in [9.17, 15) is 4.79 Å². The fraction of sp³-hybridized carbons (Fsp3) is 0.0769. The molecule has 2 rings (SSSR count). The number of allylic oxidation sites excluding steroid dienone is 4. The summed E-state index contributed by atoms with van der Waals surface area (Å²) in [7, 11) is 0. The molecule has 1 aromatic carbocycles. The molecule has 15 heavy (non-hydrogen) atoms. The fourth-order valence-electron chi connectivity index (χ4n) is 1.52. The molecule has 0 heterocycles. The van der Waals surface area contributed by atoms with Gasteiger partial charge in [0.05, 0.1) is 0 Å². The second kappa shape index (κ2) is 4.05. The molecule has 0 amide bonds. The minimum absolute atomic E-state index is 0.0649. The van der Waals surface area contributed by atoms with Crippen molar-refractivity contribution in [3.8, 4) is 0 Å². The summed E-state index contributed by atoms with van der Waals surface area (Å²) >= 11 is 0. The van der Waals surface area contributed by atoms with Crippen molar-refractivity contribution in [3.05, 3.63) is 59.7 Å². The van der Waals surface area contributed by atoms with Crippen LogP contribution in [0.2, 0.25) is 0 Å². The van der Waals surface area contributed by atoms with E-state index >= 15 is 0 Å². The molecule has 0 unspecified atom stereocenters. The Balaban J connectivity index is 2.33. The first-order chi connectivity index (χ1) is 7.29. The summed E-state index contributed by atoms with van der Waals surface area (Å²) in [6.07, 6.45) is 5.96. The van der Waals surface area contributed by atoms with Gasteiger partial charge >= 0.3 is 0 Å². The predicted molar refractivity (Wildman–Crippen MR) is 60.3 cm³/mol. The number of rotatable bonds is 2. The molecular formula is C13H11NO. The molecule has 0 saturated carbocycles. The Morgan fingerprint density at radius 2 is 1.93 bits per heavy atom. The first-order valence-corrected chi connectivity index (χ1v) is 4.83. The van der Waals surface area contributed by atoms with Crippen molar-refractivity contribution in [1.29, 1.82) is 5.41 Å². The quantitative estimate of drug-likeness (QED) is 0.727. The van der Waals surface area contributed by atoms with E-state index in [2.05, 4.69) is 0 Å². The molecule has 0 fully saturated rings. The van der Waals surface area contributed by atoms with Gasteiger partial charge in [-0.25, -0.2) is 0 Å². The highest BCUT2D eigenvalue weighted by Crippen LogP contribution is 2.14. The summed E-state index contributed by atoms with van der Waals surface area (Å²) in [5, 5.41) is 7.69. The third kappa shape index (κ3) is 1.94. The summed E-state index contributed by atoms with van der Waals surface area (Å²) in [4.78, 5) is 12.0. The van der Waals surface area contributed by atoms with Crippen LogP contribution in [0.15, 0.2) is 54.1 Å². The van der Waals surface area contributed by atoms with Crippen LogP contribution < -0.4 is 0 Å². The van der Waals surface area contributed by atoms with Crippen LogP contribution in [0.4, 0.5) is 0 Å². The second-order valence-electron chi connectivity index (χ2n) is 3.39. The summed E-state index contributed by atoms with van der Waals surface area (Å²) in [6, 6.07) is 9.08. The number of nitrogens with one attached hydrogen (secondary N) is 1. The maximum Gasteiger partial charge on any atom is 0.194 e. The van der Waals surface area contributed by atoms with E-state index in [1.54, 1.807) is 18.2 Å². The topological polar surface area (TPSA) is 40.9 Å². The van der Waals surface area contributed by atoms with Crippen molar-refractivity contribution in [2.75, 3.05) is 0 Å². The maximum absolute atomic E-state index is 12.0. The van der Waals surface area contributed by atoms with Crippen LogP contribution in [-0.4, -0.2) is 11.5 Å². The molecule has 2 heteroatoms. The van der Waals surface area contributed by atoms with Gasteiger partial charge in [-0.05, 0) is 6.08 Å². The highest BCUT2D eigenvalue weighted by Gasteiger charge is 2.16. The molecule has 1 aromatic rings. The van der Waals surface area contributed by atoms with Gasteiger partial charge < -0.3 is 5.41 Å². The summed E-state index contributed by atoms with van der Waals surface area (Å²) in [6.45, 7) is 0. The van der Waals surface area contributed by atoms with Crippen LogP contribution >= 0.6 is 0 Å². The lowest BCUT2D eigenvalue weighted by Gasteiger charge is -2.09. The average Bonchev–Trinajstić information content (AvgIpc) is 2.30. The molecule has 0 saturated heterocycles. The Morgan fingerprint density at radius 3 is 2.60 bits per heavy atom. The van der Waals surface area contributed by atoms with Crippen LogP contribution in [-0.2, 0) is 0 Å². The van der Waals surface area contributed by atoms with E-state index < -0.39 is 0 Å². The first kappa shape index (κ1) is 9.59. The maximum atomic E-state index is 12.0. The SMILES string of the molecule is N=C1CC=CC=C1C(=O)c1ccccc1. The molecule has 1 aliphatic rings. The molecule has 1 N–H and O–H groups in total. The number of carbonyl (C=O) groups excluding carboxylic acids is 1. The number of hydrogen-bond donors (Lipinski definition) is 1. The predicted octanol–water partition coefficient (Wildman–Crippen LogP) is 2.78. The summed E-state index contributed by atoms with van der Waals surface area (Å²) in [5.74, 6) is -0.0649. The summed E-state index contributed by atoms with van der Waals surface area (Å²) in [5.41, 5.74) is 1.54. The zero-order chi connectivity index (χ0) is 10.7. The van der Waals surface area contributed by atoms with Gasteiger partial charge in [-0.1, -0.05) is 42.5 Å². The van der Waals surface area contributed by atoms with Crippen LogP contribution in [0.3, 0.4) is 0 Å². The van der Waals surface area contributed by atoms with Gasteiger partial charge in [0.2, 0.25) is 0 Å². The first-order valence-electron chi connectivity index (χ1n) is 4.83. The molecular weight excluding hydrogens is 186 g/mol. The highest BCUT2D eigenvalue weighted by molar-refractivity contribution is 6.27. The minimum Gasteiger partial charge on any atom is -0.304 e. The Bertz CT molecular complexity index is 455. The third-order valence-electron chi connectivity index (χ3n) is 2.33. The molecule has 74 valence electrons. The van der Waals surface area contributed by atoms with E-state index in [4.69, 9.17) is 5.41 Å². The van der Waals surface area contributed by atoms with Crippen molar-refractivity contribution in [2.24, 2.45) is 0 Å². The Hall–Kier alpha value is -1.96. The monoisotopic (exact) mass is 197 g/mol. The standard InChI is InChI=1S/C13H11NO/c14-12-9-5-4-8-11(12)13(15)10-6-2-1-3-7-10/h1-8,14H,9H2. The van der Waals surface area contributed by atoms with Crippen molar-refractivity contribution in [1.82, 2.24) is 0 Å². The summed E-state index contributed by atoms with van der Waals surface area (Å²) < 4.78 is 0. The van der Waals surface area contributed by atoms with Crippen molar-refractivity contribution >= 4 is 11.5 Å². The van der Waals surface area contributed by atoms with Crippen LogP contribution in [0.1, 0.15) is 16.8 Å². The molecule has 0 spiro atoms. The minimum atomic E-state index is -0.0649. The van der Waals surface area contributed by atoms with Gasteiger partial charge in [0, 0.05) is 23.3 Å². The van der Waals surface area contributed by atoms with E-state index in [1.807, 2.05) is 30.4 Å². The van der Waals surface area contributed by atoms with Crippen molar-refractivity contribution in [3.63, 3.8) is 0 Å². The lowest BCUT2D eigenvalue weighted by Crippen LogP contribution is -2.13. The second-order valence-corrected chi connectivity index (χ2v) is 3.39. The zero-order valence-electron chi connectivity index (χ0n) is 8.23. The molecule has 0 bridgehead atoms. The fourth-order valence-corrected chi connectivity index (χ4v) is 1.52.